The van der Waals surface area contributed by atoms with Gasteiger partial charge in [-0.25, -0.2) is 4.98 Å². The molecule has 0 fully saturated rings. The number of rotatable bonds is 7. The Kier molecular flexibility index (Phi) is 5.42. The molecule has 0 bridgehead atoms. The fourth-order valence-corrected chi connectivity index (χ4v) is 3.36. The molecule has 1 aromatic rings. The highest BCUT2D eigenvalue weighted by atomic mass is 32.2. The van der Waals surface area contributed by atoms with Gasteiger partial charge in [-0.2, -0.15) is 0 Å². The van der Waals surface area contributed by atoms with Gasteiger partial charge in [0.2, 0.25) is 0 Å². The third-order valence-corrected chi connectivity index (χ3v) is 4.99. The standard InChI is InChI=1S/C11H17NO3S2/c1-3-11(15,4-2)7-17-10-12-8(6-16-10)5-9(13)14/h6,15H,3-5,7H2,1-2H3,(H,13,14). The average molecular weight is 275 g/mol. The van der Waals surface area contributed by atoms with E-state index in [0.717, 1.165) is 4.34 Å². The van der Waals surface area contributed by atoms with E-state index in [-0.39, 0.29) is 6.42 Å². The topological polar surface area (TPSA) is 70.4 Å². The summed E-state index contributed by atoms with van der Waals surface area (Å²) in [5.41, 5.74) is -0.0647. The molecule has 2 N–H and O–H groups in total. The number of carboxylic acids is 1. The summed E-state index contributed by atoms with van der Waals surface area (Å²) in [5.74, 6) is -0.273. The molecule has 0 aliphatic rings. The molecule has 0 saturated carbocycles. The zero-order chi connectivity index (χ0) is 12.9. The van der Waals surface area contributed by atoms with E-state index in [1.165, 1.54) is 23.1 Å². The second-order valence-corrected chi connectivity index (χ2v) is 5.98. The molecule has 0 radical (unpaired) electrons. The number of hydrogen-bond acceptors (Lipinski definition) is 5. The maximum absolute atomic E-state index is 10.5. The van der Waals surface area contributed by atoms with Gasteiger partial charge in [0.05, 0.1) is 17.7 Å². The van der Waals surface area contributed by atoms with Crippen LogP contribution in [0.2, 0.25) is 0 Å². The number of thioether (sulfide) groups is 1. The molecule has 0 atom stereocenters. The number of nitrogens with zero attached hydrogens (tertiary/aromatic N) is 1. The minimum Gasteiger partial charge on any atom is -0.481 e. The molecule has 17 heavy (non-hydrogen) atoms. The molecule has 0 saturated heterocycles. The Morgan fingerprint density at radius 1 is 1.53 bits per heavy atom. The third kappa shape index (κ3) is 4.65. The van der Waals surface area contributed by atoms with Gasteiger partial charge < -0.3 is 10.2 Å². The first-order valence-electron chi connectivity index (χ1n) is 5.50. The van der Waals surface area contributed by atoms with Crippen molar-refractivity contribution in [2.75, 3.05) is 5.75 Å². The zero-order valence-electron chi connectivity index (χ0n) is 9.97. The molecule has 1 aromatic heterocycles. The predicted molar refractivity (Wildman–Crippen MR) is 69.7 cm³/mol. The molecule has 0 aromatic carbocycles. The van der Waals surface area contributed by atoms with E-state index in [0.29, 0.717) is 24.3 Å². The Labute approximate surface area is 109 Å². The average Bonchev–Trinajstić information content (AvgIpc) is 2.73. The lowest BCUT2D eigenvalue weighted by atomic mass is 10.0. The fourth-order valence-electron chi connectivity index (χ4n) is 1.24. The minimum absolute atomic E-state index is 0.0388. The van der Waals surface area contributed by atoms with Crippen LogP contribution >= 0.6 is 23.1 Å². The van der Waals surface area contributed by atoms with Gasteiger partial charge in [-0.05, 0) is 12.8 Å². The van der Waals surface area contributed by atoms with Crippen LogP contribution in [0.5, 0.6) is 0 Å². The van der Waals surface area contributed by atoms with Crippen LogP contribution in [0.25, 0.3) is 0 Å². The summed E-state index contributed by atoms with van der Waals surface area (Å²) in [6, 6.07) is 0. The number of carbonyl (C=O) groups is 1. The Hall–Kier alpha value is -0.590. The number of aliphatic hydroxyl groups is 1. The zero-order valence-corrected chi connectivity index (χ0v) is 11.6. The van der Waals surface area contributed by atoms with Crippen LogP contribution in [-0.4, -0.2) is 32.5 Å². The van der Waals surface area contributed by atoms with E-state index < -0.39 is 11.6 Å². The number of carboxylic acid groups (broad SMARTS) is 1. The van der Waals surface area contributed by atoms with E-state index >= 15 is 0 Å². The van der Waals surface area contributed by atoms with Crippen molar-refractivity contribution in [3.63, 3.8) is 0 Å². The first-order valence-corrected chi connectivity index (χ1v) is 7.37. The van der Waals surface area contributed by atoms with E-state index in [1.807, 2.05) is 13.8 Å². The van der Waals surface area contributed by atoms with Crippen molar-refractivity contribution >= 4 is 29.1 Å². The van der Waals surface area contributed by atoms with Crippen molar-refractivity contribution in [1.82, 2.24) is 4.98 Å². The van der Waals surface area contributed by atoms with Crippen LogP contribution in [-0.2, 0) is 11.2 Å². The second kappa shape index (κ2) is 6.37. The molecule has 0 amide bonds. The highest BCUT2D eigenvalue weighted by Gasteiger charge is 2.22. The van der Waals surface area contributed by atoms with Crippen molar-refractivity contribution in [2.24, 2.45) is 0 Å². The van der Waals surface area contributed by atoms with Crippen LogP contribution in [0.3, 0.4) is 0 Å². The number of aromatic nitrogens is 1. The van der Waals surface area contributed by atoms with Gasteiger partial charge in [-0.3, -0.25) is 4.79 Å². The first-order chi connectivity index (χ1) is 7.99. The molecular formula is C11H17NO3S2. The molecule has 1 heterocycles. The third-order valence-electron chi connectivity index (χ3n) is 2.64. The molecule has 4 nitrogen and oxygen atoms in total. The van der Waals surface area contributed by atoms with Crippen molar-refractivity contribution in [1.29, 1.82) is 0 Å². The molecule has 0 aliphatic heterocycles. The summed E-state index contributed by atoms with van der Waals surface area (Å²) < 4.78 is 0.821. The SMILES string of the molecule is CCC(O)(CC)CSc1nc(CC(=O)O)cs1. The van der Waals surface area contributed by atoms with Crippen molar-refractivity contribution in [3.05, 3.63) is 11.1 Å². The van der Waals surface area contributed by atoms with Crippen LogP contribution in [0.1, 0.15) is 32.4 Å². The summed E-state index contributed by atoms with van der Waals surface area (Å²) in [6.45, 7) is 3.92. The van der Waals surface area contributed by atoms with Crippen LogP contribution in [0.15, 0.2) is 9.72 Å². The molecule has 0 aliphatic carbocycles. The summed E-state index contributed by atoms with van der Waals surface area (Å²) >= 11 is 2.92. The molecule has 0 unspecified atom stereocenters. The largest absolute Gasteiger partial charge is 0.481 e. The maximum atomic E-state index is 10.5. The van der Waals surface area contributed by atoms with Crippen LogP contribution in [0, 0.1) is 0 Å². The Morgan fingerprint density at radius 2 is 2.18 bits per heavy atom. The first kappa shape index (κ1) is 14.5. The van der Waals surface area contributed by atoms with Gasteiger partial charge in [-0.15, -0.1) is 11.3 Å². The van der Waals surface area contributed by atoms with Gasteiger partial charge in [-0.1, -0.05) is 25.6 Å². The van der Waals surface area contributed by atoms with E-state index in [2.05, 4.69) is 4.98 Å². The summed E-state index contributed by atoms with van der Waals surface area (Å²) in [6.07, 6.45) is 1.39. The van der Waals surface area contributed by atoms with Gasteiger partial charge in [0.25, 0.3) is 0 Å². The Balaban J connectivity index is 2.52. The van der Waals surface area contributed by atoms with Gasteiger partial charge in [0.1, 0.15) is 4.34 Å². The Bertz CT molecular complexity index is 375. The molecule has 0 spiro atoms. The molecule has 1 rings (SSSR count). The van der Waals surface area contributed by atoms with Gasteiger partial charge in [0.15, 0.2) is 0 Å². The molecule has 6 heteroatoms. The summed E-state index contributed by atoms with van der Waals surface area (Å²) in [7, 11) is 0. The number of hydrogen-bond donors (Lipinski definition) is 2. The highest BCUT2D eigenvalue weighted by Crippen LogP contribution is 2.29. The highest BCUT2D eigenvalue weighted by molar-refractivity contribution is 8.01. The number of aliphatic carboxylic acids is 1. The van der Waals surface area contributed by atoms with Crippen molar-refractivity contribution in [2.45, 2.75) is 43.1 Å². The maximum Gasteiger partial charge on any atom is 0.309 e. The second-order valence-electron chi connectivity index (χ2n) is 3.90. The smallest absolute Gasteiger partial charge is 0.309 e. The lowest BCUT2D eigenvalue weighted by Crippen LogP contribution is -2.29. The number of thiazole rings is 1. The van der Waals surface area contributed by atoms with Crippen LogP contribution in [0.4, 0.5) is 0 Å². The van der Waals surface area contributed by atoms with E-state index in [1.54, 1.807) is 5.38 Å². The van der Waals surface area contributed by atoms with Gasteiger partial charge in [0, 0.05) is 11.1 Å². The lowest BCUT2D eigenvalue weighted by Gasteiger charge is -2.23. The lowest BCUT2D eigenvalue weighted by molar-refractivity contribution is -0.136. The fraction of sp³-hybridized carbons (Fsp3) is 0.636. The normalized spacial score (nSPS) is 11.7. The van der Waals surface area contributed by atoms with E-state index in [9.17, 15) is 9.90 Å². The van der Waals surface area contributed by atoms with E-state index in [4.69, 9.17) is 5.11 Å². The molecule has 96 valence electrons. The predicted octanol–water partition coefficient (Wildman–Crippen LogP) is 2.41. The molecular weight excluding hydrogens is 258 g/mol. The quantitative estimate of drug-likeness (QED) is 0.748. The Morgan fingerprint density at radius 3 is 2.71 bits per heavy atom. The van der Waals surface area contributed by atoms with Crippen molar-refractivity contribution in [3.8, 4) is 0 Å². The summed E-state index contributed by atoms with van der Waals surface area (Å²) in [4.78, 5) is 14.7. The monoisotopic (exact) mass is 275 g/mol. The van der Waals surface area contributed by atoms with Crippen LogP contribution < -0.4 is 0 Å². The minimum atomic E-state index is -0.870. The van der Waals surface area contributed by atoms with Crippen molar-refractivity contribution < 1.29 is 15.0 Å². The van der Waals surface area contributed by atoms with Gasteiger partial charge >= 0.3 is 5.97 Å². The summed E-state index contributed by atoms with van der Waals surface area (Å²) in [5, 5.41) is 20.5.